The van der Waals surface area contributed by atoms with Gasteiger partial charge >= 0.3 is 5.97 Å². The van der Waals surface area contributed by atoms with Crippen molar-refractivity contribution in [2.45, 2.75) is 31.4 Å². The summed E-state index contributed by atoms with van der Waals surface area (Å²) in [4.78, 5) is 25.1. The normalized spacial score (nSPS) is 24.6. The van der Waals surface area contributed by atoms with Gasteiger partial charge in [0.25, 0.3) is 0 Å². The topological polar surface area (TPSA) is 82.8 Å². The van der Waals surface area contributed by atoms with Gasteiger partial charge in [0.2, 0.25) is 5.91 Å². The number of aliphatic hydroxyl groups excluding tert-OH is 1. The predicted molar refractivity (Wildman–Crippen MR) is 89.6 cm³/mol. The number of carbonyl (C=O) groups is 2. The molecule has 1 saturated heterocycles. The second-order valence-electron chi connectivity index (χ2n) is 5.43. The third kappa shape index (κ3) is 2.90. The Bertz CT molecular complexity index is 644. The number of aliphatic carboxylic acids is 1. The molecule has 0 spiro atoms. The molecule has 0 aliphatic carbocycles. The van der Waals surface area contributed by atoms with E-state index in [1.807, 2.05) is 36.0 Å². The highest BCUT2D eigenvalue weighted by Crippen LogP contribution is 2.53. The Labute approximate surface area is 142 Å². The van der Waals surface area contributed by atoms with Gasteiger partial charge in [-0.15, -0.1) is 11.8 Å². The van der Waals surface area contributed by atoms with E-state index in [2.05, 4.69) is 0 Å². The largest absolute Gasteiger partial charge is 0.477 e. The molecule has 6 nitrogen and oxygen atoms in total. The van der Waals surface area contributed by atoms with Crippen LogP contribution >= 0.6 is 23.5 Å². The molecule has 1 fully saturated rings. The summed E-state index contributed by atoms with van der Waals surface area (Å²) >= 11 is 2.84. The summed E-state index contributed by atoms with van der Waals surface area (Å²) in [5, 5.41) is 19.1. The Kier molecular flexibility index (Phi) is 4.74. The lowest BCUT2D eigenvalue weighted by atomic mass is 9.90. The SMILES string of the molecule is CCC(O)C1C(=O)N2C(C(=O)O)=C(SCCn3cccc3)SC12. The molecule has 124 valence electrons. The van der Waals surface area contributed by atoms with Gasteiger partial charge in [0, 0.05) is 24.7 Å². The molecule has 0 aromatic carbocycles. The highest BCUT2D eigenvalue weighted by atomic mass is 32.2. The molecule has 2 aliphatic rings. The van der Waals surface area contributed by atoms with Crippen molar-refractivity contribution in [3.63, 3.8) is 0 Å². The van der Waals surface area contributed by atoms with E-state index in [4.69, 9.17) is 0 Å². The first-order valence-corrected chi connectivity index (χ1v) is 9.30. The number of nitrogens with zero attached hydrogens (tertiary/aromatic N) is 2. The second kappa shape index (κ2) is 6.62. The smallest absolute Gasteiger partial charge is 0.354 e. The summed E-state index contributed by atoms with van der Waals surface area (Å²) in [7, 11) is 0. The zero-order chi connectivity index (χ0) is 16.6. The fourth-order valence-electron chi connectivity index (χ4n) is 2.78. The molecule has 3 unspecified atom stereocenters. The molecule has 3 rings (SSSR count). The van der Waals surface area contributed by atoms with E-state index >= 15 is 0 Å². The summed E-state index contributed by atoms with van der Waals surface area (Å²) in [6, 6.07) is 3.89. The molecule has 2 aliphatic heterocycles. The van der Waals surface area contributed by atoms with Gasteiger partial charge in [0.15, 0.2) is 5.70 Å². The van der Waals surface area contributed by atoms with Crippen LogP contribution in [0.2, 0.25) is 0 Å². The predicted octanol–water partition coefficient (Wildman–Crippen LogP) is 1.78. The maximum absolute atomic E-state index is 12.2. The van der Waals surface area contributed by atoms with Gasteiger partial charge in [0.05, 0.1) is 16.3 Å². The molecule has 0 saturated carbocycles. The van der Waals surface area contributed by atoms with E-state index in [0.29, 0.717) is 10.7 Å². The van der Waals surface area contributed by atoms with Gasteiger partial charge in [-0.3, -0.25) is 9.69 Å². The van der Waals surface area contributed by atoms with E-state index in [0.717, 1.165) is 12.3 Å². The third-order valence-corrected chi connectivity index (χ3v) is 6.67. The second-order valence-corrected chi connectivity index (χ2v) is 7.92. The molecule has 0 radical (unpaired) electrons. The zero-order valence-electron chi connectivity index (χ0n) is 12.6. The number of β-lactam (4-membered cyclic amide) rings is 1. The lowest BCUT2D eigenvalue weighted by molar-refractivity contribution is -0.157. The first-order valence-electron chi connectivity index (χ1n) is 7.43. The van der Waals surface area contributed by atoms with E-state index in [9.17, 15) is 19.8 Å². The number of aliphatic hydroxyl groups is 1. The molecule has 1 amide bonds. The molecule has 3 atom stereocenters. The fraction of sp³-hybridized carbons (Fsp3) is 0.467. The summed E-state index contributed by atoms with van der Waals surface area (Å²) in [5.74, 6) is -1.14. The number of fused-ring (bicyclic) bond motifs is 1. The molecule has 23 heavy (non-hydrogen) atoms. The molecule has 1 aromatic rings. The van der Waals surface area contributed by atoms with Crippen LogP contribution in [0.15, 0.2) is 34.5 Å². The number of hydrogen-bond acceptors (Lipinski definition) is 5. The van der Waals surface area contributed by atoms with E-state index in [1.165, 1.54) is 28.4 Å². The molecule has 8 heteroatoms. The van der Waals surface area contributed by atoms with E-state index in [1.54, 1.807) is 0 Å². The van der Waals surface area contributed by atoms with Crippen molar-refractivity contribution in [1.82, 2.24) is 9.47 Å². The van der Waals surface area contributed by atoms with Gasteiger partial charge in [-0.1, -0.05) is 18.7 Å². The minimum atomic E-state index is -1.08. The van der Waals surface area contributed by atoms with Crippen LogP contribution in [0.5, 0.6) is 0 Å². The average molecular weight is 354 g/mol. The van der Waals surface area contributed by atoms with Crippen LogP contribution < -0.4 is 0 Å². The van der Waals surface area contributed by atoms with Crippen LogP contribution in [-0.4, -0.2) is 48.8 Å². The van der Waals surface area contributed by atoms with Crippen LogP contribution in [-0.2, 0) is 16.1 Å². The monoisotopic (exact) mass is 354 g/mol. The Morgan fingerprint density at radius 1 is 1.43 bits per heavy atom. The first-order chi connectivity index (χ1) is 11.0. The van der Waals surface area contributed by atoms with Crippen LogP contribution in [0.3, 0.4) is 0 Å². The minimum Gasteiger partial charge on any atom is -0.477 e. The number of rotatable bonds is 7. The van der Waals surface area contributed by atoms with Crippen molar-refractivity contribution in [2.24, 2.45) is 5.92 Å². The Hall–Kier alpha value is -1.38. The average Bonchev–Trinajstić information content (AvgIpc) is 3.13. The number of hydrogen-bond donors (Lipinski definition) is 2. The summed E-state index contributed by atoms with van der Waals surface area (Å²) < 4.78 is 2.69. The summed E-state index contributed by atoms with van der Waals surface area (Å²) in [6.45, 7) is 2.59. The Morgan fingerprint density at radius 3 is 2.74 bits per heavy atom. The molecule has 1 aromatic heterocycles. The van der Waals surface area contributed by atoms with Gasteiger partial charge in [-0.25, -0.2) is 4.79 Å². The van der Waals surface area contributed by atoms with Crippen molar-refractivity contribution in [3.8, 4) is 0 Å². The highest BCUT2D eigenvalue weighted by Gasteiger charge is 2.58. The van der Waals surface area contributed by atoms with Crippen molar-refractivity contribution < 1.29 is 19.8 Å². The lowest BCUT2D eigenvalue weighted by Crippen LogP contribution is -2.61. The number of aromatic nitrogens is 1. The third-order valence-electron chi connectivity index (χ3n) is 4.03. The molecule has 2 N–H and O–H groups in total. The molecule has 3 heterocycles. The summed E-state index contributed by atoms with van der Waals surface area (Å²) in [6.07, 6.45) is 3.69. The highest BCUT2D eigenvalue weighted by molar-refractivity contribution is 8.22. The van der Waals surface area contributed by atoms with Gasteiger partial charge in [-0.05, 0) is 18.6 Å². The Morgan fingerprint density at radius 2 is 2.13 bits per heavy atom. The molecule has 0 bridgehead atoms. The molecular formula is C15H18N2O4S2. The van der Waals surface area contributed by atoms with Crippen LogP contribution in [0.4, 0.5) is 0 Å². The number of thioether (sulfide) groups is 2. The van der Waals surface area contributed by atoms with Crippen molar-refractivity contribution >= 4 is 35.4 Å². The van der Waals surface area contributed by atoms with Crippen LogP contribution in [0, 0.1) is 5.92 Å². The van der Waals surface area contributed by atoms with Gasteiger partial charge in [-0.2, -0.15) is 0 Å². The van der Waals surface area contributed by atoms with E-state index < -0.39 is 18.0 Å². The lowest BCUT2D eigenvalue weighted by Gasteiger charge is -2.44. The van der Waals surface area contributed by atoms with E-state index in [-0.39, 0.29) is 17.0 Å². The van der Waals surface area contributed by atoms with Gasteiger partial charge in [0.1, 0.15) is 5.37 Å². The number of carboxylic acid groups (broad SMARTS) is 1. The van der Waals surface area contributed by atoms with Crippen molar-refractivity contribution in [3.05, 3.63) is 34.5 Å². The van der Waals surface area contributed by atoms with Gasteiger partial charge < -0.3 is 14.8 Å². The quantitative estimate of drug-likeness (QED) is 0.726. The fourth-order valence-corrected chi connectivity index (χ4v) is 5.68. The standard InChI is InChI=1S/C15H18N2O4S2/c1-2-9(18)10-12(19)17-11(14(20)21)15(23-13(10)17)22-8-7-16-5-3-4-6-16/h3-6,9-10,13,18H,2,7-8H2,1H3,(H,20,21). The number of aryl methyl sites for hydroxylation is 1. The van der Waals surface area contributed by atoms with Crippen LogP contribution in [0.25, 0.3) is 0 Å². The Balaban J connectivity index is 1.69. The number of amides is 1. The van der Waals surface area contributed by atoms with Crippen LogP contribution in [0.1, 0.15) is 13.3 Å². The maximum atomic E-state index is 12.2. The minimum absolute atomic E-state index is 0.0714. The molecular weight excluding hydrogens is 336 g/mol. The first kappa shape index (κ1) is 16.5. The van der Waals surface area contributed by atoms with Crippen molar-refractivity contribution in [1.29, 1.82) is 0 Å². The number of carboxylic acids is 1. The van der Waals surface area contributed by atoms with Crippen molar-refractivity contribution in [2.75, 3.05) is 5.75 Å². The zero-order valence-corrected chi connectivity index (χ0v) is 14.2. The number of carbonyl (C=O) groups excluding carboxylic acids is 1. The maximum Gasteiger partial charge on any atom is 0.354 e. The summed E-state index contributed by atoms with van der Waals surface area (Å²) in [5.41, 5.74) is 0.0714.